The van der Waals surface area contributed by atoms with E-state index in [4.69, 9.17) is 18.9 Å². The van der Waals surface area contributed by atoms with Crippen LogP contribution in [0.1, 0.15) is 27.7 Å². The maximum atomic E-state index is 11.5. The van der Waals surface area contributed by atoms with Crippen molar-refractivity contribution in [3.63, 3.8) is 0 Å². The second kappa shape index (κ2) is 12.6. The third-order valence-corrected chi connectivity index (χ3v) is 4.42. The van der Waals surface area contributed by atoms with Crippen molar-refractivity contribution >= 4 is 11.9 Å². The van der Waals surface area contributed by atoms with Gasteiger partial charge in [-0.2, -0.15) is 0 Å². The van der Waals surface area contributed by atoms with Crippen LogP contribution in [0.3, 0.4) is 0 Å². The molecule has 0 saturated carbocycles. The lowest BCUT2D eigenvalue weighted by molar-refractivity contribution is -0.134. The van der Waals surface area contributed by atoms with Gasteiger partial charge in [0.25, 0.3) is 0 Å². The van der Waals surface area contributed by atoms with Crippen molar-refractivity contribution in [3.05, 3.63) is 96.9 Å². The number of rotatable bonds is 9. The molecule has 6 nitrogen and oxygen atoms in total. The molecule has 0 saturated heterocycles. The average molecular weight is 434 g/mol. The zero-order valence-electron chi connectivity index (χ0n) is 18.5. The molecule has 0 aliphatic heterocycles. The molecule has 0 fully saturated rings. The summed E-state index contributed by atoms with van der Waals surface area (Å²) in [5.41, 5.74) is 3.03. The normalized spacial score (nSPS) is 12.1. The van der Waals surface area contributed by atoms with Crippen molar-refractivity contribution in [1.29, 1.82) is 0 Å². The van der Waals surface area contributed by atoms with Crippen LogP contribution in [0.25, 0.3) is 11.1 Å². The summed E-state index contributed by atoms with van der Waals surface area (Å²) in [5.74, 6) is 0.374. The fraction of sp³-hybridized carbons (Fsp3) is 0.154. The Labute approximate surface area is 188 Å². The summed E-state index contributed by atoms with van der Waals surface area (Å²) in [6.07, 6.45) is 8.39. The number of carbonyl (C=O) groups excluding carboxylic acids is 2. The van der Waals surface area contributed by atoms with Crippen molar-refractivity contribution in [1.82, 2.24) is 0 Å². The van der Waals surface area contributed by atoms with E-state index in [-0.39, 0.29) is 0 Å². The highest BCUT2D eigenvalue weighted by atomic mass is 16.5. The average Bonchev–Trinajstić information content (AvgIpc) is 2.83. The third-order valence-electron chi connectivity index (χ3n) is 4.42. The molecule has 0 radical (unpaired) electrons. The van der Waals surface area contributed by atoms with Gasteiger partial charge in [0.05, 0.1) is 0 Å². The summed E-state index contributed by atoms with van der Waals surface area (Å²) in [5, 5.41) is 0. The maximum absolute atomic E-state index is 11.5. The minimum Gasteiger partial charge on any atom is -0.462 e. The molecule has 0 spiro atoms. The summed E-state index contributed by atoms with van der Waals surface area (Å²) in [4.78, 5) is 23.0. The van der Waals surface area contributed by atoms with E-state index < -0.39 is 11.9 Å². The standard InChI is InChI=1S/C26H26O6/c1-5-19(3)25(27)31-17-15-29-23-11-7-21(8-12-23)22-9-13-24(14-10-22)30-16-18-32-26(28)20(4)6-2/h5-18H,1-4H3. The van der Waals surface area contributed by atoms with E-state index in [9.17, 15) is 9.59 Å². The highest BCUT2D eigenvalue weighted by molar-refractivity contribution is 5.88. The zero-order valence-corrected chi connectivity index (χ0v) is 18.5. The largest absolute Gasteiger partial charge is 0.462 e. The Morgan fingerprint density at radius 3 is 1.25 bits per heavy atom. The van der Waals surface area contributed by atoms with Crippen molar-refractivity contribution in [2.75, 3.05) is 0 Å². The van der Waals surface area contributed by atoms with Gasteiger partial charge in [-0.25, -0.2) is 9.59 Å². The molecule has 2 aromatic rings. The first-order valence-corrected chi connectivity index (χ1v) is 9.96. The first-order valence-electron chi connectivity index (χ1n) is 9.96. The van der Waals surface area contributed by atoms with Gasteiger partial charge in [0.1, 0.15) is 36.5 Å². The SMILES string of the molecule is CC=C(C)C(=O)OC=COc1ccc(-c2ccc(OC=COC(=O)C(C)=CC)cc2)cc1. The minimum atomic E-state index is -0.421. The Hall–Kier alpha value is -4.06. The van der Waals surface area contributed by atoms with Crippen molar-refractivity contribution in [3.8, 4) is 22.6 Å². The van der Waals surface area contributed by atoms with E-state index in [0.29, 0.717) is 22.6 Å². The van der Waals surface area contributed by atoms with Gasteiger partial charge in [0, 0.05) is 11.1 Å². The second-order valence-corrected chi connectivity index (χ2v) is 6.58. The topological polar surface area (TPSA) is 71.1 Å². The van der Waals surface area contributed by atoms with Crippen LogP contribution >= 0.6 is 0 Å². The van der Waals surface area contributed by atoms with E-state index in [0.717, 1.165) is 11.1 Å². The Morgan fingerprint density at radius 1 is 0.594 bits per heavy atom. The Bertz CT molecular complexity index is 939. The lowest BCUT2D eigenvalue weighted by Gasteiger charge is -2.06. The van der Waals surface area contributed by atoms with Crippen LogP contribution in [0, 0.1) is 0 Å². The number of hydrogen-bond donors (Lipinski definition) is 0. The van der Waals surface area contributed by atoms with Gasteiger partial charge in [-0.15, -0.1) is 0 Å². The molecular weight excluding hydrogens is 408 g/mol. The molecule has 0 amide bonds. The van der Waals surface area contributed by atoms with E-state index in [1.54, 1.807) is 39.8 Å². The van der Waals surface area contributed by atoms with Crippen LogP contribution < -0.4 is 9.47 Å². The molecule has 0 unspecified atom stereocenters. The number of esters is 2. The lowest BCUT2D eigenvalue weighted by Crippen LogP contribution is -2.00. The van der Waals surface area contributed by atoms with E-state index >= 15 is 0 Å². The number of hydrogen-bond acceptors (Lipinski definition) is 6. The highest BCUT2D eigenvalue weighted by Gasteiger charge is 2.03. The second-order valence-electron chi connectivity index (χ2n) is 6.58. The molecule has 0 aromatic heterocycles. The van der Waals surface area contributed by atoms with Gasteiger partial charge < -0.3 is 18.9 Å². The first-order chi connectivity index (χ1) is 15.4. The smallest absolute Gasteiger partial charge is 0.338 e. The number of benzene rings is 2. The Balaban J connectivity index is 1.86. The Kier molecular flexibility index (Phi) is 9.53. The predicted octanol–water partition coefficient (Wildman–Crippen LogP) is 6.07. The van der Waals surface area contributed by atoms with Gasteiger partial charge in [-0.3, -0.25) is 0 Å². The molecule has 0 bridgehead atoms. The van der Waals surface area contributed by atoms with Crippen LogP contribution in [0.4, 0.5) is 0 Å². The fourth-order valence-corrected chi connectivity index (χ4v) is 2.27. The maximum Gasteiger partial charge on any atom is 0.338 e. The van der Waals surface area contributed by atoms with Gasteiger partial charge in [0.15, 0.2) is 0 Å². The van der Waals surface area contributed by atoms with Crippen LogP contribution in [-0.4, -0.2) is 11.9 Å². The van der Waals surface area contributed by atoms with Crippen LogP contribution in [0.5, 0.6) is 11.5 Å². The molecule has 0 N–H and O–H groups in total. The number of carbonyl (C=O) groups is 2. The molecule has 0 aliphatic carbocycles. The molecule has 166 valence electrons. The number of ether oxygens (including phenoxy) is 4. The molecule has 2 rings (SSSR count). The summed E-state index contributed by atoms with van der Waals surface area (Å²) >= 11 is 0. The quantitative estimate of drug-likeness (QED) is 0.271. The van der Waals surface area contributed by atoms with Crippen LogP contribution in [0.15, 0.2) is 96.9 Å². The predicted molar refractivity (Wildman–Crippen MR) is 122 cm³/mol. The monoisotopic (exact) mass is 434 g/mol. The van der Waals surface area contributed by atoms with Gasteiger partial charge in [-0.05, 0) is 63.1 Å². The Morgan fingerprint density at radius 2 is 0.938 bits per heavy atom. The summed E-state index contributed by atoms with van der Waals surface area (Å²) in [6.45, 7) is 6.88. The van der Waals surface area contributed by atoms with Crippen molar-refractivity contribution in [2.45, 2.75) is 27.7 Å². The summed E-state index contributed by atoms with van der Waals surface area (Å²) in [6, 6.07) is 14.9. The van der Waals surface area contributed by atoms with Crippen LogP contribution in [0.2, 0.25) is 0 Å². The minimum absolute atomic E-state index is 0.421. The van der Waals surface area contributed by atoms with E-state index in [1.807, 2.05) is 48.5 Å². The van der Waals surface area contributed by atoms with Crippen molar-refractivity contribution in [2.24, 2.45) is 0 Å². The van der Waals surface area contributed by atoms with Crippen molar-refractivity contribution < 1.29 is 28.5 Å². The summed E-state index contributed by atoms with van der Waals surface area (Å²) in [7, 11) is 0. The summed E-state index contributed by atoms with van der Waals surface area (Å²) < 4.78 is 20.7. The van der Waals surface area contributed by atoms with Crippen LogP contribution in [-0.2, 0) is 19.1 Å². The van der Waals surface area contributed by atoms with Gasteiger partial charge in [-0.1, -0.05) is 36.4 Å². The van der Waals surface area contributed by atoms with E-state index in [1.165, 1.54) is 25.0 Å². The first kappa shape index (κ1) is 24.2. The molecular formula is C26H26O6. The number of allylic oxidation sites excluding steroid dienone is 2. The highest BCUT2D eigenvalue weighted by Crippen LogP contribution is 2.25. The molecule has 0 heterocycles. The molecule has 6 heteroatoms. The molecule has 0 aliphatic rings. The third kappa shape index (κ3) is 7.65. The zero-order chi connectivity index (χ0) is 23.3. The van der Waals surface area contributed by atoms with Gasteiger partial charge in [0.2, 0.25) is 0 Å². The molecule has 0 atom stereocenters. The fourth-order valence-electron chi connectivity index (χ4n) is 2.27. The lowest BCUT2D eigenvalue weighted by atomic mass is 10.1. The van der Waals surface area contributed by atoms with Gasteiger partial charge >= 0.3 is 11.9 Å². The van der Waals surface area contributed by atoms with E-state index in [2.05, 4.69) is 0 Å². The molecule has 32 heavy (non-hydrogen) atoms. The molecule has 2 aromatic carbocycles.